The fraction of sp³-hybridized carbons (Fsp3) is 0.500. The molecular weight excluding hydrogens is 174 g/mol. The summed E-state index contributed by atoms with van der Waals surface area (Å²) in [5, 5.41) is 3.33. The standard InChI is InChI=1S/C12H19NO/c1-3-8-13-11-6-5-7-12(10-11)14-9-4-2/h5-7,10,13H,3-4,8-9H2,1-2H3. The fourth-order valence-corrected chi connectivity index (χ4v) is 1.19. The summed E-state index contributed by atoms with van der Waals surface area (Å²) in [7, 11) is 0. The Morgan fingerprint density at radius 1 is 1.21 bits per heavy atom. The summed E-state index contributed by atoms with van der Waals surface area (Å²) in [6.07, 6.45) is 2.19. The zero-order valence-electron chi connectivity index (χ0n) is 9.05. The van der Waals surface area contributed by atoms with Crippen LogP contribution in [0.3, 0.4) is 0 Å². The third kappa shape index (κ3) is 3.69. The molecule has 78 valence electrons. The molecule has 0 saturated heterocycles. The number of benzene rings is 1. The van der Waals surface area contributed by atoms with Gasteiger partial charge in [0.05, 0.1) is 6.61 Å². The van der Waals surface area contributed by atoms with Gasteiger partial charge < -0.3 is 10.1 Å². The summed E-state index contributed by atoms with van der Waals surface area (Å²) < 4.78 is 5.54. The topological polar surface area (TPSA) is 21.3 Å². The molecule has 0 spiro atoms. The molecule has 0 radical (unpaired) electrons. The molecule has 1 aromatic carbocycles. The van der Waals surface area contributed by atoms with Crippen LogP contribution >= 0.6 is 0 Å². The monoisotopic (exact) mass is 193 g/mol. The lowest BCUT2D eigenvalue weighted by atomic mass is 10.3. The summed E-state index contributed by atoms with van der Waals surface area (Å²) in [6.45, 7) is 6.07. The van der Waals surface area contributed by atoms with Crippen molar-refractivity contribution in [2.24, 2.45) is 0 Å². The zero-order chi connectivity index (χ0) is 10.2. The Kier molecular flexibility index (Phi) is 4.90. The van der Waals surface area contributed by atoms with Gasteiger partial charge in [-0.1, -0.05) is 19.9 Å². The molecule has 0 aliphatic heterocycles. The van der Waals surface area contributed by atoms with Crippen LogP contribution in [0.25, 0.3) is 0 Å². The Morgan fingerprint density at radius 2 is 2.07 bits per heavy atom. The van der Waals surface area contributed by atoms with Crippen LogP contribution in [0.15, 0.2) is 24.3 Å². The number of rotatable bonds is 6. The molecule has 0 atom stereocenters. The second-order valence-corrected chi connectivity index (χ2v) is 3.30. The van der Waals surface area contributed by atoms with Gasteiger partial charge in [-0.15, -0.1) is 0 Å². The Balaban J connectivity index is 2.50. The second kappa shape index (κ2) is 6.30. The minimum atomic E-state index is 0.789. The lowest BCUT2D eigenvalue weighted by Crippen LogP contribution is -2.00. The summed E-state index contributed by atoms with van der Waals surface area (Å²) in [6, 6.07) is 8.12. The van der Waals surface area contributed by atoms with Crippen LogP contribution in [-0.4, -0.2) is 13.2 Å². The predicted octanol–water partition coefficient (Wildman–Crippen LogP) is 3.30. The molecule has 2 heteroatoms. The van der Waals surface area contributed by atoms with Gasteiger partial charge in [-0.2, -0.15) is 0 Å². The molecule has 0 amide bonds. The summed E-state index contributed by atoms with van der Waals surface area (Å²) in [5.41, 5.74) is 1.14. The van der Waals surface area contributed by atoms with E-state index in [2.05, 4.69) is 25.2 Å². The van der Waals surface area contributed by atoms with Gasteiger partial charge in [0.2, 0.25) is 0 Å². The van der Waals surface area contributed by atoms with Crippen molar-refractivity contribution >= 4 is 5.69 Å². The maximum absolute atomic E-state index is 5.54. The van der Waals surface area contributed by atoms with Crippen LogP contribution in [0.5, 0.6) is 5.75 Å². The summed E-state index contributed by atoms with van der Waals surface area (Å²) in [4.78, 5) is 0. The van der Waals surface area contributed by atoms with E-state index in [0.29, 0.717) is 0 Å². The molecule has 0 unspecified atom stereocenters. The van der Waals surface area contributed by atoms with Gasteiger partial charge in [0.15, 0.2) is 0 Å². The van der Waals surface area contributed by atoms with E-state index in [0.717, 1.165) is 37.4 Å². The maximum Gasteiger partial charge on any atom is 0.121 e. The minimum Gasteiger partial charge on any atom is -0.494 e. The third-order valence-electron chi connectivity index (χ3n) is 1.89. The summed E-state index contributed by atoms with van der Waals surface area (Å²) >= 11 is 0. The molecular formula is C12H19NO. The molecule has 14 heavy (non-hydrogen) atoms. The van der Waals surface area contributed by atoms with E-state index in [-0.39, 0.29) is 0 Å². The molecule has 0 aliphatic carbocycles. The highest BCUT2D eigenvalue weighted by molar-refractivity contribution is 5.48. The number of anilines is 1. The molecule has 0 bridgehead atoms. The Morgan fingerprint density at radius 3 is 2.79 bits per heavy atom. The summed E-state index contributed by atoms with van der Waals surface area (Å²) in [5.74, 6) is 0.952. The van der Waals surface area contributed by atoms with Gasteiger partial charge in [-0.05, 0) is 25.0 Å². The van der Waals surface area contributed by atoms with Gasteiger partial charge in [-0.3, -0.25) is 0 Å². The van der Waals surface area contributed by atoms with Crippen LogP contribution in [0.2, 0.25) is 0 Å². The van der Waals surface area contributed by atoms with Gasteiger partial charge in [0.1, 0.15) is 5.75 Å². The molecule has 0 saturated carbocycles. The van der Waals surface area contributed by atoms with Crippen molar-refractivity contribution < 1.29 is 4.74 Å². The highest BCUT2D eigenvalue weighted by atomic mass is 16.5. The number of ether oxygens (including phenoxy) is 1. The van der Waals surface area contributed by atoms with Crippen molar-refractivity contribution in [2.45, 2.75) is 26.7 Å². The van der Waals surface area contributed by atoms with Crippen molar-refractivity contribution in [3.8, 4) is 5.75 Å². The first-order chi connectivity index (χ1) is 6.86. The zero-order valence-corrected chi connectivity index (χ0v) is 9.05. The van der Waals surface area contributed by atoms with Crippen LogP contribution in [0, 0.1) is 0 Å². The van der Waals surface area contributed by atoms with Crippen molar-refractivity contribution in [1.82, 2.24) is 0 Å². The molecule has 1 aromatic rings. The number of hydrogen-bond acceptors (Lipinski definition) is 2. The average molecular weight is 193 g/mol. The molecule has 0 aliphatic rings. The molecule has 2 nitrogen and oxygen atoms in total. The Hall–Kier alpha value is -1.18. The first kappa shape index (κ1) is 10.9. The quantitative estimate of drug-likeness (QED) is 0.748. The van der Waals surface area contributed by atoms with Crippen LogP contribution in [0.4, 0.5) is 5.69 Å². The normalized spacial score (nSPS) is 9.86. The van der Waals surface area contributed by atoms with Gasteiger partial charge in [0.25, 0.3) is 0 Å². The third-order valence-corrected chi connectivity index (χ3v) is 1.89. The van der Waals surface area contributed by atoms with Crippen molar-refractivity contribution in [2.75, 3.05) is 18.5 Å². The highest BCUT2D eigenvalue weighted by Crippen LogP contribution is 2.17. The Bertz CT molecular complexity index is 237. The minimum absolute atomic E-state index is 0.789. The molecule has 0 fully saturated rings. The predicted molar refractivity (Wildman–Crippen MR) is 61.0 cm³/mol. The molecule has 1 N–H and O–H groups in total. The van der Waals surface area contributed by atoms with E-state index in [1.54, 1.807) is 0 Å². The number of hydrogen-bond donors (Lipinski definition) is 1. The van der Waals surface area contributed by atoms with Crippen molar-refractivity contribution in [3.63, 3.8) is 0 Å². The van der Waals surface area contributed by atoms with Crippen LogP contribution in [-0.2, 0) is 0 Å². The fourth-order valence-electron chi connectivity index (χ4n) is 1.19. The van der Waals surface area contributed by atoms with Gasteiger partial charge in [0, 0.05) is 18.3 Å². The first-order valence-electron chi connectivity index (χ1n) is 5.33. The van der Waals surface area contributed by atoms with E-state index in [4.69, 9.17) is 4.74 Å². The van der Waals surface area contributed by atoms with Crippen LogP contribution < -0.4 is 10.1 Å². The molecule has 0 aromatic heterocycles. The van der Waals surface area contributed by atoms with E-state index in [1.807, 2.05) is 18.2 Å². The lowest BCUT2D eigenvalue weighted by Gasteiger charge is -2.08. The lowest BCUT2D eigenvalue weighted by molar-refractivity contribution is 0.317. The maximum atomic E-state index is 5.54. The molecule has 1 rings (SSSR count). The van der Waals surface area contributed by atoms with E-state index < -0.39 is 0 Å². The largest absolute Gasteiger partial charge is 0.494 e. The first-order valence-corrected chi connectivity index (χ1v) is 5.33. The SMILES string of the molecule is CCCNc1cccc(OCCC)c1. The Labute approximate surface area is 86.3 Å². The van der Waals surface area contributed by atoms with Crippen molar-refractivity contribution in [1.29, 1.82) is 0 Å². The van der Waals surface area contributed by atoms with Crippen molar-refractivity contribution in [3.05, 3.63) is 24.3 Å². The molecule has 0 heterocycles. The van der Waals surface area contributed by atoms with E-state index in [9.17, 15) is 0 Å². The second-order valence-electron chi connectivity index (χ2n) is 3.30. The van der Waals surface area contributed by atoms with Gasteiger partial charge >= 0.3 is 0 Å². The van der Waals surface area contributed by atoms with E-state index >= 15 is 0 Å². The van der Waals surface area contributed by atoms with Crippen LogP contribution in [0.1, 0.15) is 26.7 Å². The van der Waals surface area contributed by atoms with Gasteiger partial charge in [-0.25, -0.2) is 0 Å². The number of nitrogens with one attached hydrogen (secondary N) is 1. The van der Waals surface area contributed by atoms with E-state index in [1.165, 1.54) is 0 Å². The average Bonchev–Trinajstić information content (AvgIpc) is 2.24. The highest BCUT2D eigenvalue weighted by Gasteiger charge is 1.94. The smallest absolute Gasteiger partial charge is 0.121 e.